The number of hydrogen-bond acceptors (Lipinski definition) is 4. The van der Waals surface area contributed by atoms with E-state index in [1.807, 2.05) is 73.7 Å². The van der Waals surface area contributed by atoms with Crippen LogP contribution in [0.3, 0.4) is 0 Å². The number of anilines is 2. The van der Waals surface area contributed by atoms with Crippen molar-refractivity contribution in [1.82, 2.24) is 4.98 Å². The molecule has 0 bridgehead atoms. The summed E-state index contributed by atoms with van der Waals surface area (Å²) < 4.78 is 0. The first-order valence-corrected chi connectivity index (χ1v) is 11.1. The van der Waals surface area contributed by atoms with E-state index >= 15 is 0 Å². The summed E-state index contributed by atoms with van der Waals surface area (Å²) in [6.07, 6.45) is 0. The zero-order valence-corrected chi connectivity index (χ0v) is 18.7. The summed E-state index contributed by atoms with van der Waals surface area (Å²) in [5.74, 6) is 0.695. The van der Waals surface area contributed by atoms with E-state index in [0.29, 0.717) is 5.56 Å². The van der Waals surface area contributed by atoms with E-state index in [1.54, 1.807) is 11.3 Å². The predicted octanol–water partition coefficient (Wildman–Crippen LogP) is 6.52. The number of nitrogens with zero attached hydrogens (tertiary/aromatic N) is 1. The highest BCUT2D eigenvalue weighted by Crippen LogP contribution is 2.41. The summed E-state index contributed by atoms with van der Waals surface area (Å²) in [4.78, 5) is 18.7. The molecular formula is C26H25N3OS. The van der Waals surface area contributed by atoms with Gasteiger partial charge >= 0.3 is 0 Å². The SMILES string of the molecule is Cc1cccc(N[C@@H](c2ccccc2)c2c(NC(=O)c3ccccc3)sc(C)c2C)n1. The Kier molecular flexibility index (Phi) is 6.14. The van der Waals surface area contributed by atoms with Gasteiger partial charge in [0.15, 0.2) is 0 Å². The van der Waals surface area contributed by atoms with Crippen LogP contribution in [-0.4, -0.2) is 10.9 Å². The van der Waals surface area contributed by atoms with Gasteiger partial charge in [0.05, 0.1) is 6.04 Å². The van der Waals surface area contributed by atoms with Gasteiger partial charge in [0.2, 0.25) is 0 Å². The predicted molar refractivity (Wildman–Crippen MR) is 129 cm³/mol. The Bertz CT molecular complexity index is 1190. The quantitative estimate of drug-likeness (QED) is 0.368. The lowest BCUT2D eigenvalue weighted by Gasteiger charge is -2.22. The van der Waals surface area contributed by atoms with Crippen molar-refractivity contribution in [2.24, 2.45) is 0 Å². The summed E-state index contributed by atoms with van der Waals surface area (Å²) in [5, 5.41) is 7.62. The summed E-state index contributed by atoms with van der Waals surface area (Å²) >= 11 is 1.61. The zero-order valence-electron chi connectivity index (χ0n) is 17.8. The third-order valence-corrected chi connectivity index (χ3v) is 6.44. The van der Waals surface area contributed by atoms with Gasteiger partial charge in [-0.2, -0.15) is 0 Å². The highest BCUT2D eigenvalue weighted by atomic mass is 32.1. The fourth-order valence-electron chi connectivity index (χ4n) is 3.59. The van der Waals surface area contributed by atoms with Crippen molar-refractivity contribution in [3.05, 3.63) is 112 Å². The van der Waals surface area contributed by atoms with Crippen LogP contribution in [-0.2, 0) is 0 Å². The van der Waals surface area contributed by atoms with Crippen LogP contribution in [0, 0.1) is 20.8 Å². The monoisotopic (exact) mass is 427 g/mol. The molecule has 0 unspecified atom stereocenters. The molecule has 2 aromatic carbocycles. The van der Waals surface area contributed by atoms with Crippen LogP contribution in [0.2, 0.25) is 0 Å². The number of thiophene rings is 1. The fraction of sp³-hybridized carbons (Fsp3) is 0.154. The van der Waals surface area contributed by atoms with E-state index in [4.69, 9.17) is 0 Å². The zero-order chi connectivity index (χ0) is 21.8. The molecule has 0 saturated heterocycles. The number of benzene rings is 2. The van der Waals surface area contributed by atoms with Crippen molar-refractivity contribution < 1.29 is 4.79 Å². The van der Waals surface area contributed by atoms with E-state index in [1.165, 1.54) is 10.4 Å². The molecule has 1 amide bonds. The second-order valence-electron chi connectivity index (χ2n) is 7.50. The first kappa shape index (κ1) is 20.8. The van der Waals surface area contributed by atoms with Crippen LogP contribution < -0.4 is 10.6 Å². The maximum atomic E-state index is 12.9. The topological polar surface area (TPSA) is 54.0 Å². The number of aromatic nitrogens is 1. The van der Waals surface area contributed by atoms with Crippen molar-refractivity contribution in [2.75, 3.05) is 10.6 Å². The minimum absolute atomic E-state index is 0.108. The largest absolute Gasteiger partial charge is 0.359 e. The van der Waals surface area contributed by atoms with Crippen molar-refractivity contribution in [1.29, 1.82) is 0 Å². The number of pyridine rings is 1. The van der Waals surface area contributed by atoms with Gasteiger partial charge in [-0.05, 0) is 56.2 Å². The van der Waals surface area contributed by atoms with Crippen LogP contribution in [0.5, 0.6) is 0 Å². The van der Waals surface area contributed by atoms with Crippen LogP contribution in [0.25, 0.3) is 0 Å². The van der Waals surface area contributed by atoms with Crippen molar-refractivity contribution >= 4 is 28.1 Å². The van der Waals surface area contributed by atoms with E-state index in [-0.39, 0.29) is 11.9 Å². The minimum Gasteiger partial charge on any atom is -0.359 e. The lowest BCUT2D eigenvalue weighted by Crippen LogP contribution is -2.18. The third kappa shape index (κ3) is 4.67. The van der Waals surface area contributed by atoms with Crippen LogP contribution in [0.15, 0.2) is 78.9 Å². The fourth-order valence-corrected chi connectivity index (χ4v) is 4.68. The Labute approximate surface area is 187 Å². The maximum absolute atomic E-state index is 12.9. The van der Waals surface area contributed by atoms with Gasteiger partial charge in [0, 0.05) is 21.7 Å². The molecule has 156 valence electrons. The normalized spacial score (nSPS) is 11.7. The molecule has 0 aliphatic rings. The van der Waals surface area contributed by atoms with E-state index in [0.717, 1.165) is 27.6 Å². The van der Waals surface area contributed by atoms with Gasteiger partial charge in [-0.15, -0.1) is 11.3 Å². The number of nitrogens with one attached hydrogen (secondary N) is 2. The lowest BCUT2D eigenvalue weighted by molar-refractivity contribution is 0.102. The maximum Gasteiger partial charge on any atom is 0.256 e. The molecule has 2 heterocycles. The average Bonchev–Trinajstić information content (AvgIpc) is 3.06. The Balaban J connectivity index is 1.76. The van der Waals surface area contributed by atoms with Gasteiger partial charge in [-0.25, -0.2) is 4.98 Å². The Morgan fingerprint density at radius 1 is 0.871 bits per heavy atom. The second kappa shape index (κ2) is 9.14. The first-order valence-electron chi connectivity index (χ1n) is 10.2. The van der Waals surface area contributed by atoms with Gasteiger partial charge < -0.3 is 10.6 Å². The smallest absolute Gasteiger partial charge is 0.256 e. The summed E-state index contributed by atoms with van der Waals surface area (Å²) in [7, 11) is 0. The summed E-state index contributed by atoms with van der Waals surface area (Å²) in [6.45, 7) is 6.18. The van der Waals surface area contributed by atoms with Gasteiger partial charge in [-0.3, -0.25) is 4.79 Å². The molecule has 5 heteroatoms. The standard InChI is InChI=1S/C26H25N3OS/c1-17-11-10-16-22(27-17)28-24(20-12-6-4-7-13-20)23-18(2)19(3)31-26(23)29-25(30)21-14-8-5-9-15-21/h4-16,24H,1-3H3,(H,27,28)(H,29,30)/t24-/m0/s1. The summed E-state index contributed by atoms with van der Waals surface area (Å²) in [6, 6.07) is 25.4. The molecule has 0 spiro atoms. The van der Waals surface area contributed by atoms with E-state index in [9.17, 15) is 4.79 Å². The molecule has 1 atom stereocenters. The van der Waals surface area contributed by atoms with E-state index < -0.39 is 0 Å². The molecule has 0 aliphatic carbocycles. The Hall–Kier alpha value is -3.44. The average molecular weight is 428 g/mol. The number of aryl methyl sites for hydroxylation is 2. The third-order valence-electron chi connectivity index (χ3n) is 5.30. The van der Waals surface area contributed by atoms with Crippen LogP contribution in [0.1, 0.15) is 43.7 Å². The Morgan fingerprint density at radius 2 is 1.55 bits per heavy atom. The van der Waals surface area contributed by atoms with Crippen molar-refractivity contribution in [3.8, 4) is 0 Å². The van der Waals surface area contributed by atoms with E-state index in [2.05, 4.69) is 41.6 Å². The van der Waals surface area contributed by atoms with Crippen LogP contribution >= 0.6 is 11.3 Å². The van der Waals surface area contributed by atoms with Crippen molar-refractivity contribution in [3.63, 3.8) is 0 Å². The second-order valence-corrected chi connectivity index (χ2v) is 8.72. The molecule has 2 N–H and O–H groups in total. The highest BCUT2D eigenvalue weighted by Gasteiger charge is 2.25. The van der Waals surface area contributed by atoms with Gasteiger partial charge in [-0.1, -0.05) is 54.6 Å². The Morgan fingerprint density at radius 3 is 2.23 bits per heavy atom. The molecule has 4 aromatic rings. The first-order chi connectivity index (χ1) is 15.0. The van der Waals surface area contributed by atoms with Gasteiger partial charge in [0.1, 0.15) is 10.8 Å². The number of rotatable bonds is 6. The molecule has 4 rings (SSSR count). The molecule has 0 fully saturated rings. The molecular weight excluding hydrogens is 402 g/mol. The summed E-state index contributed by atoms with van der Waals surface area (Å²) in [5.41, 5.74) is 4.94. The van der Waals surface area contributed by atoms with Crippen molar-refractivity contribution in [2.45, 2.75) is 26.8 Å². The molecule has 2 aromatic heterocycles. The van der Waals surface area contributed by atoms with Crippen LogP contribution in [0.4, 0.5) is 10.8 Å². The minimum atomic E-state index is -0.147. The number of carbonyl (C=O) groups is 1. The lowest BCUT2D eigenvalue weighted by atomic mass is 9.96. The highest BCUT2D eigenvalue weighted by molar-refractivity contribution is 7.16. The number of amides is 1. The molecule has 0 aliphatic heterocycles. The number of hydrogen-bond donors (Lipinski definition) is 2. The molecule has 4 nitrogen and oxygen atoms in total. The molecule has 31 heavy (non-hydrogen) atoms. The number of carbonyl (C=O) groups excluding carboxylic acids is 1. The molecule has 0 saturated carbocycles. The van der Waals surface area contributed by atoms with Gasteiger partial charge in [0.25, 0.3) is 5.91 Å². The molecule has 0 radical (unpaired) electrons.